The maximum Gasteiger partial charge on any atom is 0.142 e. The number of anilines is 1. The van der Waals surface area contributed by atoms with Gasteiger partial charge in [-0.1, -0.05) is 0 Å². The SMILES string of the molecule is COc1ccc(OCc2ccsc2)c(N)c1. The normalized spacial score (nSPS) is 10.1. The van der Waals surface area contributed by atoms with Crippen LogP contribution in [0.15, 0.2) is 35.0 Å². The van der Waals surface area contributed by atoms with Crippen LogP contribution in [-0.4, -0.2) is 7.11 Å². The second-order valence-corrected chi connectivity index (χ2v) is 4.10. The Hall–Kier alpha value is -1.68. The zero-order chi connectivity index (χ0) is 11.4. The van der Waals surface area contributed by atoms with Crippen molar-refractivity contribution in [3.8, 4) is 11.5 Å². The molecule has 1 aromatic carbocycles. The van der Waals surface area contributed by atoms with Crippen LogP contribution in [-0.2, 0) is 6.61 Å². The van der Waals surface area contributed by atoms with Crippen LogP contribution in [0.4, 0.5) is 5.69 Å². The summed E-state index contributed by atoms with van der Waals surface area (Å²) < 4.78 is 10.7. The number of hydrogen-bond donors (Lipinski definition) is 1. The zero-order valence-electron chi connectivity index (χ0n) is 8.97. The topological polar surface area (TPSA) is 44.5 Å². The molecule has 0 radical (unpaired) electrons. The lowest BCUT2D eigenvalue weighted by atomic mass is 10.3. The minimum Gasteiger partial charge on any atom is -0.497 e. The Morgan fingerprint density at radius 2 is 2.19 bits per heavy atom. The predicted octanol–water partition coefficient (Wildman–Crippen LogP) is 2.92. The van der Waals surface area contributed by atoms with Crippen LogP contribution < -0.4 is 15.2 Å². The number of ether oxygens (including phenoxy) is 2. The molecule has 0 aliphatic carbocycles. The molecule has 0 saturated heterocycles. The molecule has 4 heteroatoms. The molecule has 0 atom stereocenters. The van der Waals surface area contributed by atoms with Crippen molar-refractivity contribution >= 4 is 17.0 Å². The van der Waals surface area contributed by atoms with Gasteiger partial charge in [0.1, 0.15) is 18.1 Å². The van der Waals surface area contributed by atoms with Crippen molar-refractivity contribution in [1.82, 2.24) is 0 Å². The Bertz CT molecular complexity index is 454. The van der Waals surface area contributed by atoms with Crippen molar-refractivity contribution in [3.63, 3.8) is 0 Å². The van der Waals surface area contributed by atoms with E-state index in [-0.39, 0.29) is 0 Å². The van der Waals surface area contributed by atoms with Crippen LogP contribution in [0.3, 0.4) is 0 Å². The van der Waals surface area contributed by atoms with Crippen molar-refractivity contribution in [2.24, 2.45) is 0 Å². The number of benzene rings is 1. The second-order valence-electron chi connectivity index (χ2n) is 3.32. The summed E-state index contributed by atoms with van der Waals surface area (Å²) in [5.74, 6) is 1.42. The lowest BCUT2D eigenvalue weighted by Crippen LogP contribution is -1.98. The van der Waals surface area contributed by atoms with Gasteiger partial charge in [-0.25, -0.2) is 0 Å². The standard InChI is InChI=1S/C12H13NO2S/c1-14-10-2-3-12(11(13)6-10)15-7-9-4-5-16-8-9/h2-6,8H,7,13H2,1H3. The van der Waals surface area contributed by atoms with Crippen molar-refractivity contribution in [2.75, 3.05) is 12.8 Å². The Morgan fingerprint density at radius 1 is 1.31 bits per heavy atom. The molecule has 0 saturated carbocycles. The van der Waals surface area contributed by atoms with Crippen molar-refractivity contribution in [1.29, 1.82) is 0 Å². The molecule has 2 aromatic rings. The fourth-order valence-corrected chi connectivity index (χ4v) is 1.97. The van der Waals surface area contributed by atoms with Gasteiger partial charge in [0.15, 0.2) is 0 Å². The Morgan fingerprint density at radius 3 is 2.81 bits per heavy atom. The highest BCUT2D eigenvalue weighted by atomic mass is 32.1. The van der Waals surface area contributed by atoms with Crippen molar-refractivity contribution in [2.45, 2.75) is 6.61 Å². The highest BCUT2D eigenvalue weighted by Gasteiger charge is 2.02. The zero-order valence-corrected chi connectivity index (χ0v) is 9.79. The van der Waals surface area contributed by atoms with Gasteiger partial charge in [0.05, 0.1) is 12.8 Å². The van der Waals surface area contributed by atoms with Crippen LogP contribution in [0.25, 0.3) is 0 Å². The van der Waals surface area contributed by atoms with Gasteiger partial charge in [-0.3, -0.25) is 0 Å². The summed E-state index contributed by atoms with van der Waals surface area (Å²) in [5, 5.41) is 4.08. The minimum absolute atomic E-state index is 0.542. The quantitative estimate of drug-likeness (QED) is 0.829. The van der Waals surface area contributed by atoms with Crippen molar-refractivity contribution < 1.29 is 9.47 Å². The Kier molecular flexibility index (Phi) is 3.31. The van der Waals surface area contributed by atoms with E-state index in [2.05, 4.69) is 5.38 Å². The minimum atomic E-state index is 0.542. The highest BCUT2D eigenvalue weighted by molar-refractivity contribution is 7.07. The highest BCUT2D eigenvalue weighted by Crippen LogP contribution is 2.27. The Balaban J connectivity index is 2.04. The average molecular weight is 235 g/mol. The van der Waals surface area contributed by atoms with Gasteiger partial charge >= 0.3 is 0 Å². The molecule has 84 valence electrons. The lowest BCUT2D eigenvalue weighted by Gasteiger charge is -2.09. The molecule has 0 aliphatic heterocycles. The Labute approximate surface area is 98.4 Å². The number of rotatable bonds is 4. The van der Waals surface area contributed by atoms with E-state index in [0.29, 0.717) is 18.0 Å². The van der Waals surface area contributed by atoms with Crippen LogP contribution in [0.5, 0.6) is 11.5 Å². The summed E-state index contributed by atoms with van der Waals surface area (Å²) in [6.45, 7) is 0.542. The first-order chi connectivity index (χ1) is 7.79. The number of nitrogens with two attached hydrogens (primary N) is 1. The number of hydrogen-bond acceptors (Lipinski definition) is 4. The van der Waals surface area contributed by atoms with E-state index in [1.165, 1.54) is 0 Å². The predicted molar refractivity (Wildman–Crippen MR) is 66.1 cm³/mol. The molecule has 1 aromatic heterocycles. The van der Waals surface area contributed by atoms with Gasteiger partial charge in [-0.2, -0.15) is 11.3 Å². The van der Waals surface area contributed by atoms with E-state index in [4.69, 9.17) is 15.2 Å². The van der Waals surface area contributed by atoms with Gasteiger partial charge in [-0.05, 0) is 34.5 Å². The molecule has 0 amide bonds. The molecule has 0 fully saturated rings. The van der Waals surface area contributed by atoms with Crippen LogP contribution in [0.1, 0.15) is 5.56 Å². The molecular weight excluding hydrogens is 222 g/mol. The molecule has 2 N–H and O–H groups in total. The molecule has 0 unspecified atom stereocenters. The largest absolute Gasteiger partial charge is 0.497 e. The number of methoxy groups -OCH3 is 1. The molecule has 0 bridgehead atoms. The summed E-state index contributed by atoms with van der Waals surface area (Å²) in [4.78, 5) is 0. The van der Waals surface area contributed by atoms with Gasteiger partial charge in [0.25, 0.3) is 0 Å². The summed E-state index contributed by atoms with van der Waals surface area (Å²) in [7, 11) is 1.61. The monoisotopic (exact) mass is 235 g/mol. The van der Waals surface area contributed by atoms with E-state index < -0.39 is 0 Å². The molecule has 0 spiro atoms. The summed E-state index contributed by atoms with van der Waals surface area (Å²) in [6, 6.07) is 7.44. The average Bonchev–Trinajstić information content (AvgIpc) is 2.80. The first-order valence-electron chi connectivity index (χ1n) is 4.87. The van der Waals surface area contributed by atoms with Crippen LogP contribution in [0, 0.1) is 0 Å². The molecule has 3 nitrogen and oxygen atoms in total. The van der Waals surface area contributed by atoms with E-state index in [9.17, 15) is 0 Å². The summed E-state index contributed by atoms with van der Waals surface area (Å²) >= 11 is 1.65. The van der Waals surface area contributed by atoms with Gasteiger partial charge in [0, 0.05) is 6.07 Å². The van der Waals surface area contributed by atoms with E-state index in [0.717, 1.165) is 11.3 Å². The van der Waals surface area contributed by atoms with Gasteiger partial charge in [-0.15, -0.1) is 0 Å². The molecule has 0 aliphatic rings. The van der Waals surface area contributed by atoms with E-state index in [1.807, 2.05) is 23.6 Å². The second kappa shape index (κ2) is 4.90. The fourth-order valence-electron chi connectivity index (χ4n) is 1.32. The summed E-state index contributed by atoms with van der Waals surface area (Å²) in [5.41, 5.74) is 7.58. The smallest absolute Gasteiger partial charge is 0.142 e. The number of nitrogen functional groups attached to an aromatic ring is 1. The maximum absolute atomic E-state index is 5.83. The first kappa shape index (κ1) is 10.8. The van der Waals surface area contributed by atoms with E-state index in [1.54, 1.807) is 24.5 Å². The van der Waals surface area contributed by atoms with Gasteiger partial charge in [0.2, 0.25) is 0 Å². The summed E-state index contributed by atoms with van der Waals surface area (Å²) in [6.07, 6.45) is 0. The number of thiophene rings is 1. The molecule has 2 rings (SSSR count). The van der Waals surface area contributed by atoms with E-state index >= 15 is 0 Å². The van der Waals surface area contributed by atoms with Gasteiger partial charge < -0.3 is 15.2 Å². The molecule has 1 heterocycles. The third-order valence-corrected chi connectivity index (χ3v) is 2.92. The first-order valence-corrected chi connectivity index (χ1v) is 5.81. The maximum atomic E-state index is 5.83. The third kappa shape index (κ3) is 2.46. The lowest BCUT2D eigenvalue weighted by molar-refractivity contribution is 0.308. The molecule has 16 heavy (non-hydrogen) atoms. The van der Waals surface area contributed by atoms with Crippen LogP contribution >= 0.6 is 11.3 Å². The molecular formula is C12H13NO2S. The fraction of sp³-hybridized carbons (Fsp3) is 0.167. The third-order valence-electron chi connectivity index (χ3n) is 2.19. The van der Waals surface area contributed by atoms with Crippen LogP contribution in [0.2, 0.25) is 0 Å². The van der Waals surface area contributed by atoms with Crippen molar-refractivity contribution in [3.05, 3.63) is 40.6 Å².